The van der Waals surface area contributed by atoms with E-state index in [1.807, 2.05) is 4.90 Å². The molecule has 1 aliphatic rings. The summed E-state index contributed by atoms with van der Waals surface area (Å²) in [6.45, 7) is 12.5. The van der Waals surface area contributed by atoms with Crippen molar-refractivity contribution >= 4 is 12.0 Å². The predicted molar refractivity (Wildman–Crippen MR) is 78.4 cm³/mol. The quantitative estimate of drug-likeness (QED) is 0.847. The van der Waals surface area contributed by atoms with E-state index in [0.29, 0.717) is 5.92 Å². The van der Waals surface area contributed by atoms with Gasteiger partial charge in [-0.1, -0.05) is 6.92 Å². The highest BCUT2D eigenvalue weighted by atomic mass is 16.6. The molecule has 0 radical (unpaired) electrons. The van der Waals surface area contributed by atoms with Crippen LogP contribution in [0, 0.1) is 5.92 Å². The molecule has 1 heterocycles. The van der Waals surface area contributed by atoms with Crippen LogP contribution in [-0.2, 0) is 9.53 Å². The van der Waals surface area contributed by atoms with Crippen LogP contribution in [0.1, 0.15) is 54.4 Å². The number of hydrogen-bond donors (Lipinski definition) is 1. The van der Waals surface area contributed by atoms with E-state index in [4.69, 9.17) is 4.74 Å². The zero-order valence-corrected chi connectivity index (χ0v) is 13.6. The van der Waals surface area contributed by atoms with E-state index in [9.17, 15) is 9.59 Å². The smallest absolute Gasteiger partial charge is 0.408 e. The van der Waals surface area contributed by atoms with Crippen LogP contribution in [0.2, 0.25) is 0 Å². The first-order valence-electron chi connectivity index (χ1n) is 7.32. The van der Waals surface area contributed by atoms with Gasteiger partial charge in [0.2, 0.25) is 5.91 Å². The molecule has 1 N–H and O–H groups in total. The minimum atomic E-state index is -0.945. The number of likely N-dealkylation sites (tertiary alicyclic amines) is 1. The summed E-state index contributed by atoms with van der Waals surface area (Å²) < 4.78 is 5.21. The van der Waals surface area contributed by atoms with Crippen LogP contribution in [-0.4, -0.2) is 41.1 Å². The molecule has 5 nitrogen and oxygen atoms in total. The summed E-state index contributed by atoms with van der Waals surface area (Å²) in [5.74, 6) is 0.472. The van der Waals surface area contributed by atoms with Gasteiger partial charge >= 0.3 is 6.09 Å². The highest BCUT2D eigenvalue weighted by Crippen LogP contribution is 2.19. The molecule has 0 spiro atoms. The number of nitrogens with one attached hydrogen (secondary N) is 1. The van der Waals surface area contributed by atoms with E-state index in [1.54, 1.807) is 34.6 Å². The lowest BCUT2D eigenvalue weighted by Gasteiger charge is -2.37. The third kappa shape index (κ3) is 5.02. The summed E-state index contributed by atoms with van der Waals surface area (Å²) >= 11 is 0. The maximum Gasteiger partial charge on any atom is 0.408 e. The normalized spacial score (nSPS) is 20.5. The molecule has 1 atom stereocenters. The molecule has 20 heavy (non-hydrogen) atoms. The topological polar surface area (TPSA) is 58.6 Å². The van der Waals surface area contributed by atoms with Gasteiger partial charge in [-0.25, -0.2) is 4.79 Å². The summed E-state index contributed by atoms with van der Waals surface area (Å²) in [5.41, 5.74) is -1.51. The van der Waals surface area contributed by atoms with Gasteiger partial charge < -0.3 is 15.0 Å². The second kappa shape index (κ2) is 6.02. The van der Waals surface area contributed by atoms with Crippen molar-refractivity contribution in [3.63, 3.8) is 0 Å². The number of ether oxygens (including phenoxy) is 1. The maximum atomic E-state index is 12.5. The molecule has 1 unspecified atom stereocenters. The average Bonchev–Trinajstić information content (AvgIpc) is 2.24. The van der Waals surface area contributed by atoms with Crippen LogP contribution in [0.25, 0.3) is 0 Å². The summed E-state index contributed by atoms with van der Waals surface area (Å²) in [6, 6.07) is 0. The molecule has 0 bridgehead atoms. The van der Waals surface area contributed by atoms with Crippen LogP contribution < -0.4 is 5.32 Å². The maximum absolute atomic E-state index is 12.5. The van der Waals surface area contributed by atoms with Crippen molar-refractivity contribution in [1.29, 1.82) is 0 Å². The van der Waals surface area contributed by atoms with Crippen molar-refractivity contribution < 1.29 is 14.3 Å². The van der Waals surface area contributed by atoms with Crippen molar-refractivity contribution in [2.24, 2.45) is 5.92 Å². The summed E-state index contributed by atoms with van der Waals surface area (Å²) in [7, 11) is 0. The number of piperidine rings is 1. The summed E-state index contributed by atoms with van der Waals surface area (Å²) in [6.07, 6.45) is 1.62. The predicted octanol–water partition coefficient (Wildman–Crippen LogP) is 2.55. The number of rotatable bonds is 2. The Morgan fingerprint density at radius 1 is 1.20 bits per heavy atom. The Morgan fingerprint density at radius 2 is 1.80 bits per heavy atom. The molecule has 0 aromatic heterocycles. The zero-order chi connectivity index (χ0) is 15.6. The molecule has 0 aromatic rings. The van der Waals surface area contributed by atoms with Crippen molar-refractivity contribution in [1.82, 2.24) is 10.2 Å². The Hall–Kier alpha value is -1.26. The van der Waals surface area contributed by atoms with E-state index >= 15 is 0 Å². The Labute approximate surface area is 122 Å². The largest absolute Gasteiger partial charge is 0.444 e. The van der Waals surface area contributed by atoms with Crippen LogP contribution in [0.15, 0.2) is 0 Å². The molecule has 1 fully saturated rings. The van der Waals surface area contributed by atoms with Gasteiger partial charge in [0, 0.05) is 13.1 Å². The average molecular weight is 284 g/mol. The minimum absolute atomic E-state index is 0.0464. The number of hydrogen-bond acceptors (Lipinski definition) is 3. The molecule has 1 aliphatic heterocycles. The van der Waals surface area contributed by atoms with Crippen LogP contribution >= 0.6 is 0 Å². The molecule has 0 aliphatic carbocycles. The summed E-state index contributed by atoms with van der Waals surface area (Å²) in [4.78, 5) is 26.2. The Balaban J connectivity index is 2.62. The van der Waals surface area contributed by atoms with Crippen molar-refractivity contribution in [2.45, 2.75) is 65.5 Å². The Bertz CT molecular complexity index is 372. The first-order valence-corrected chi connectivity index (χ1v) is 7.32. The second-order valence-electron chi connectivity index (χ2n) is 7.25. The summed E-state index contributed by atoms with van der Waals surface area (Å²) in [5, 5.41) is 2.67. The highest BCUT2D eigenvalue weighted by molar-refractivity contribution is 5.89. The lowest BCUT2D eigenvalue weighted by molar-refractivity contribution is -0.138. The lowest BCUT2D eigenvalue weighted by atomic mass is 9.96. The second-order valence-corrected chi connectivity index (χ2v) is 7.25. The Kier molecular flexibility index (Phi) is 5.05. The third-order valence-corrected chi connectivity index (χ3v) is 3.29. The number of alkyl carbamates (subject to hydrolysis) is 1. The van der Waals surface area contributed by atoms with Crippen LogP contribution in [0.3, 0.4) is 0 Å². The van der Waals surface area contributed by atoms with Gasteiger partial charge in [0.15, 0.2) is 0 Å². The molecule has 0 aromatic carbocycles. The van der Waals surface area contributed by atoms with E-state index in [2.05, 4.69) is 12.2 Å². The van der Waals surface area contributed by atoms with E-state index < -0.39 is 17.2 Å². The third-order valence-electron chi connectivity index (χ3n) is 3.29. The van der Waals surface area contributed by atoms with Gasteiger partial charge in [-0.3, -0.25) is 4.79 Å². The SMILES string of the molecule is CC1CCCN(C(=O)C(C)(C)NC(=O)OC(C)(C)C)C1. The van der Waals surface area contributed by atoms with Gasteiger partial charge in [0.05, 0.1) is 0 Å². The monoisotopic (exact) mass is 284 g/mol. The highest BCUT2D eigenvalue weighted by Gasteiger charge is 2.36. The number of amides is 2. The first-order chi connectivity index (χ1) is 9.01. The Morgan fingerprint density at radius 3 is 2.30 bits per heavy atom. The van der Waals surface area contributed by atoms with Gasteiger partial charge in [0.25, 0.3) is 0 Å². The molecular weight excluding hydrogens is 256 g/mol. The zero-order valence-electron chi connectivity index (χ0n) is 13.6. The van der Waals surface area contributed by atoms with Crippen molar-refractivity contribution in [3.05, 3.63) is 0 Å². The van der Waals surface area contributed by atoms with Crippen molar-refractivity contribution in [3.8, 4) is 0 Å². The van der Waals surface area contributed by atoms with E-state index in [0.717, 1.165) is 25.9 Å². The number of carbonyl (C=O) groups excluding carboxylic acids is 2. The molecule has 0 saturated carbocycles. The fourth-order valence-corrected chi connectivity index (χ4v) is 2.38. The standard InChI is InChI=1S/C15H28N2O3/c1-11-8-7-9-17(10-11)12(18)15(5,6)16-13(19)20-14(2,3)4/h11H,7-10H2,1-6H3,(H,16,19). The van der Waals surface area contributed by atoms with Crippen LogP contribution in [0.4, 0.5) is 4.79 Å². The van der Waals surface area contributed by atoms with Crippen molar-refractivity contribution in [2.75, 3.05) is 13.1 Å². The van der Waals surface area contributed by atoms with Gasteiger partial charge in [-0.05, 0) is 53.4 Å². The molecule has 1 rings (SSSR count). The van der Waals surface area contributed by atoms with Crippen LogP contribution in [0.5, 0.6) is 0 Å². The molecule has 5 heteroatoms. The van der Waals surface area contributed by atoms with Gasteiger partial charge in [-0.2, -0.15) is 0 Å². The molecule has 116 valence electrons. The van der Waals surface area contributed by atoms with Gasteiger partial charge in [0.1, 0.15) is 11.1 Å². The van der Waals surface area contributed by atoms with E-state index in [1.165, 1.54) is 0 Å². The minimum Gasteiger partial charge on any atom is -0.444 e. The number of carbonyl (C=O) groups is 2. The molecule has 1 saturated heterocycles. The molecular formula is C15H28N2O3. The number of nitrogens with zero attached hydrogens (tertiary/aromatic N) is 1. The lowest BCUT2D eigenvalue weighted by Crippen LogP contribution is -2.58. The van der Waals surface area contributed by atoms with Gasteiger partial charge in [-0.15, -0.1) is 0 Å². The fourth-order valence-electron chi connectivity index (χ4n) is 2.38. The fraction of sp³-hybridized carbons (Fsp3) is 0.867. The first kappa shape index (κ1) is 16.8. The van der Waals surface area contributed by atoms with E-state index in [-0.39, 0.29) is 5.91 Å². The molecule has 2 amide bonds.